The summed E-state index contributed by atoms with van der Waals surface area (Å²) in [4.78, 5) is 14.3. The van der Waals surface area contributed by atoms with Crippen molar-refractivity contribution in [3.63, 3.8) is 0 Å². The van der Waals surface area contributed by atoms with Crippen molar-refractivity contribution in [3.8, 4) is 0 Å². The molecule has 0 bridgehead atoms. The number of amides is 2. The van der Waals surface area contributed by atoms with Crippen LogP contribution in [0.15, 0.2) is 36.4 Å². The molecule has 1 atom stereocenters. The Bertz CT molecular complexity index is 866. The van der Waals surface area contributed by atoms with Crippen LogP contribution in [0.2, 0.25) is 20.1 Å². The van der Waals surface area contributed by atoms with Gasteiger partial charge < -0.3 is 15.4 Å². The van der Waals surface area contributed by atoms with Crippen molar-refractivity contribution in [1.29, 1.82) is 0 Å². The number of nitrogens with one attached hydrogen (secondary N) is 2. The Balaban J connectivity index is 1.42. The van der Waals surface area contributed by atoms with Crippen LogP contribution in [0.1, 0.15) is 11.1 Å². The van der Waals surface area contributed by atoms with E-state index in [2.05, 4.69) is 15.5 Å². The van der Waals surface area contributed by atoms with Crippen molar-refractivity contribution in [2.24, 2.45) is 0 Å². The topological polar surface area (TPSA) is 53.6 Å². The van der Waals surface area contributed by atoms with Crippen LogP contribution in [-0.2, 0) is 17.8 Å². The van der Waals surface area contributed by atoms with Gasteiger partial charge >= 0.3 is 6.03 Å². The van der Waals surface area contributed by atoms with Crippen molar-refractivity contribution in [3.05, 3.63) is 67.6 Å². The van der Waals surface area contributed by atoms with Crippen LogP contribution in [0.25, 0.3) is 0 Å². The van der Waals surface area contributed by atoms with E-state index in [4.69, 9.17) is 51.1 Å². The monoisotopic (exact) mass is 475 g/mol. The molecular formula is C20H21Cl4N3O2. The lowest BCUT2D eigenvalue weighted by Crippen LogP contribution is -2.48. The second-order valence-electron chi connectivity index (χ2n) is 6.79. The highest BCUT2D eigenvalue weighted by molar-refractivity contribution is 6.42. The number of hydrogen-bond acceptors (Lipinski definition) is 3. The summed E-state index contributed by atoms with van der Waals surface area (Å²) in [5.41, 5.74) is 1.96. The first kappa shape index (κ1) is 22.5. The normalized spacial score (nSPS) is 17.2. The fourth-order valence-corrected chi connectivity index (χ4v) is 3.69. The molecule has 0 radical (unpaired) electrons. The standard InChI is InChI=1S/C20H21Cl4N3O2/c21-16-3-1-13(7-18(16)23)9-25-20(28)26-10-15-12-27(5-6-29-15)11-14-2-4-17(22)19(24)8-14/h1-4,7-8,15H,5-6,9-12H2,(H2,25,26,28). The Morgan fingerprint density at radius 3 is 2.31 bits per heavy atom. The van der Waals surface area contributed by atoms with Gasteiger partial charge in [-0.15, -0.1) is 0 Å². The zero-order valence-corrected chi connectivity index (χ0v) is 18.6. The second kappa shape index (κ2) is 10.7. The highest BCUT2D eigenvalue weighted by atomic mass is 35.5. The van der Waals surface area contributed by atoms with Gasteiger partial charge in [-0.3, -0.25) is 4.90 Å². The molecule has 0 spiro atoms. The van der Waals surface area contributed by atoms with E-state index in [0.717, 1.165) is 24.2 Å². The molecule has 1 aliphatic heterocycles. The molecule has 5 nitrogen and oxygen atoms in total. The molecule has 2 aromatic rings. The van der Waals surface area contributed by atoms with Gasteiger partial charge in [0.05, 0.1) is 32.8 Å². The first-order valence-electron chi connectivity index (χ1n) is 9.14. The summed E-state index contributed by atoms with van der Waals surface area (Å²) in [5.74, 6) is 0. The maximum Gasteiger partial charge on any atom is 0.315 e. The maximum atomic E-state index is 12.1. The van der Waals surface area contributed by atoms with Crippen LogP contribution >= 0.6 is 46.4 Å². The Morgan fingerprint density at radius 1 is 0.966 bits per heavy atom. The maximum absolute atomic E-state index is 12.1. The minimum absolute atomic E-state index is 0.0813. The third-order valence-corrected chi connectivity index (χ3v) is 6.02. The van der Waals surface area contributed by atoms with Crippen LogP contribution < -0.4 is 10.6 Å². The van der Waals surface area contributed by atoms with E-state index < -0.39 is 0 Å². The van der Waals surface area contributed by atoms with Crippen LogP contribution in [0.4, 0.5) is 4.79 Å². The van der Waals surface area contributed by atoms with Crippen molar-refractivity contribution in [2.45, 2.75) is 19.2 Å². The average molecular weight is 477 g/mol. The van der Waals surface area contributed by atoms with Gasteiger partial charge in [-0.1, -0.05) is 58.5 Å². The van der Waals surface area contributed by atoms with Crippen molar-refractivity contribution >= 4 is 52.4 Å². The molecule has 2 N–H and O–H groups in total. The Labute approximate surface area is 190 Å². The zero-order valence-electron chi connectivity index (χ0n) is 15.6. The molecule has 1 unspecified atom stereocenters. The van der Waals surface area contributed by atoms with E-state index >= 15 is 0 Å². The summed E-state index contributed by atoms with van der Waals surface area (Å²) >= 11 is 23.9. The third-order valence-electron chi connectivity index (χ3n) is 4.54. The summed E-state index contributed by atoms with van der Waals surface area (Å²) in [6.07, 6.45) is -0.0813. The predicted molar refractivity (Wildman–Crippen MR) is 118 cm³/mol. The predicted octanol–water partition coefficient (Wildman–Crippen LogP) is 5.00. The van der Waals surface area contributed by atoms with Gasteiger partial charge in [0.15, 0.2) is 0 Å². The molecule has 3 rings (SSSR count). The number of nitrogens with zero attached hydrogens (tertiary/aromatic N) is 1. The fourth-order valence-electron chi connectivity index (χ4n) is 3.04. The number of carbonyl (C=O) groups excluding carboxylic acids is 1. The molecule has 1 saturated heterocycles. The molecule has 0 aromatic heterocycles. The van der Waals surface area contributed by atoms with Gasteiger partial charge in [0.1, 0.15) is 0 Å². The number of rotatable bonds is 6. The largest absolute Gasteiger partial charge is 0.374 e. The van der Waals surface area contributed by atoms with Gasteiger partial charge in [0.25, 0.3) is 0 Å². The van der Waals surface area contributed by atoms with Gasteiger partial charge in [-0.2, -0.15) is 0 Å². The number of ether oxygens (including phenoxy) is 1. The summed E-state index contributed by atoms with van der Waals surface area (Å²) in [7, 11) is 0. The van der Waals surface area contributed by atoms with Crippen molar-refractivity contribution in [1.82, 2.24) is 15.5 Å². The lowest BCUT2D eigenvalue weighted by atomic mass is 10.2. The van der Waals surface area contributed by atoms with Gasteiger partial charge in [-0.25, -0.2) is 4.79 Å². The Kier molecular flexibility index (Phi) is 8.30. The number of morpholine rings is 1. The van der Waals surface area contributed by atoms with Crippen molar-refractivity contribution < 1.29 is 9.53 Å². The van der Waals surface area contributed by atoms with Crippen LogP contribution in [0.5, 0.6) is 0 Å². The molecule has 0 saturated carbocycles. The Hall–Kier alpha value is -1.21. The van der Waals surface area contributed by atoms with E-state index in [0.29, 0.717) is 46.3 Å². The number of carbonyl (C=O) groups is 1. The Morgan fingerprint density at radius 2 is 1.62 bits per heavy atom. The minimum Gasteiger partial charge on any atom is -0.374 e. The molecule has 2 amide bonds. The van der Waals surface area contributed by atoms with Gasteiger partial charge in [0, 0.05) is 32.7 Å². The molecule has 156 valence electrons. The molecular weight excluding hydrogens is 456 g/mol. The van der Waals surface area contributed by atoms with Gasteiger partial charge in [-0.05, 0) is 35.4 Å². The highest BCUT2D eigenvalue weighted by Crippen LogP contribution is 2.24. The average Bonchev–Trinajstić information content (AvgIpc) is 2.70. The number of benzene rings is 2. The highest BCUT2D eigenvalue weighted by Gasteiger charge is 2.21. The molecule has 2 aromatic carbocycles. The first-order valence-corrected chi connectivity index (χ1v) is 10.7. The molecule has 9 heteroatoms. The first-order chi connectivity index (χ1) is 13.9. The van der Waals surface area contributed by atoms with E-state index in [1.165, 1.54) is 0 Å². The smallest absolute Gasteiger partial charge is 0.315 e. The second-order valence-corrected chi connectivity index (χ2v) is 8.42. The number of urea groups is 1. The lowest BCUT2D eigenvalue weighted by Gasteiger charge is -2.33. The quantitative estimate of drug-likeness (QED) is 0.616. The van der Waals surface area contributed by atoms with Gasteiger partial charge in [0.2, 0.25) is 0 Å². The fraction of sp³-hybridized carbons (Fsp3) is 0.350. The van der Waals surface area contributed by atoms with Crippen LogP contribution in [0.3, 0.4) is 0 Å². The summed E-state index contributed by atoms with van der Waals surface area (Å²) < 4.78 is 5.77. The zero-order chi connectivity index (χ0) is 20.8. The molecule has 29 heavy (non-hydrogen) atoms. The molecule has 1 heterocycles. The SMILES string of the molecule is O=C(NCc1ccc(Cl)c(Cl)c1)NCC1CN(Cc2ccc(Cl)c(Cl)c2)CCO1. The molecule has 1 fully saturated rings. The third kappa shape index (κ3) is 6.92. The van der Waals surface area contributed by atoms with E-state index in [1.54, 1.807) is 18.2 Å². The molecule has 0 aliphatic carbocycles. The molecule has 1 aliphatic rings. The van der Waals surface area contributed by atoms with E-state index in [9.17, 15) is 4.79 Å². The summed E-state index contributed by atoms with van der Waals surface area (Å²) in [6, 6.07) is 10.6. The van der Waals surface area contributed by atoms with E-state index in [1.807, 2.05) is 18.2 Å². The summed E-state index contributed by atoms with van der Waals surface area (Å²) in [5, 5.41) is 7.70. The number of halogens is 4. The summed E-state index contributed by atoms with van der Waals surface area (Å²) in [6.45, 7) is 3.68. The van der Waals surface area contributed by atoms with Crippen LogP contribution in [-0.4, -0.2) is 43.3 Å². The van der Waals surface area contributed by atoms with Crippen LogP contribution in [0, 0.1) is 0 Å². The minimum atomic E-state index is -0.263. The lowest BCUT2D eigenvalue weighted by molar-refractivity contribution is -0.0287. The number of hydrogen-bond donors (Lipinski definition) is 2. The van der Waals surface area contributed by atoms with Crippen molar-refractivity contribution in [2.75, 3.05) is 26.2 Å². The van der Waals surface area contributed by atoms with E-state index in [-0.39, 0.29) is 12.1 Å².